The highest BCUT2D eigenvalue weighted by molar-refractivity contribution is 7.89. The number of nitrogens with zero attached hydrogens (tertiary/aromatic N) is 1. The second-order valence-electron chi connectivity index (χ2n) is 4.95. The van der Waals surface area contributed by atoms with Crippen LogP contribution in [0.25, 0.3) is 0 Å². The molecular weight excluding hydrogens is 318 g/mol. The van der Waals surface area contributed by atoms with Crippen molar-refractivity contribution >= 4 is 21.6 Å². The van der Waals surface area contributed by atoms with Gasteiger partial charge in [0.05, 0.1) is 35.8 Å². The van der Waals surface area contributed by atoms with Crippen molar-refractivity contribution in [1.82, 2.24) is 9.71 Å². The van der Waals surface area contributed by atoms with Gasteiger partial charge in [-0.2, -0.15) is 0 Å². The molecule has 23 heavy (non-hydrogen) atoms. The first-order chi connectivity index (χ1) is 11.0. The maximum atomic E-state index is 12.4. The summed E-state index contributed by atoms with van der Waals surface area (Å²) in [6, 6.07) is 9.64. The van der Waals surface area contributed by atoms with Gasteiger partial charge in [0, 0.05) is 6.20 Å². The SMILES string of the molecule is O=C1CCOc2ccc(S(=O)(=O)NCc3ccccn3)cc2N1. The van der Waals surface area contributed by atoms with Gasteiger partial charge in [0.25, 0.3) is 0 Å². The van der Waals surface area contributed by atoms with E-state index in [2.05, 4.69) is 15.0 Å². The predicted molar refractivity (Wildman–Crippen MR) is 83.4 cm³/mol. The van der Waals surface area contributed by atoms with Crippen LogP contribution in [0.15, 0.2) is 47.5 Å². The Morgan fingerprint density at radius 2 is 2.13 bits per heavy atom. The van der Waals surface area contributed by atoms with E-state index < -0.39 is 10.0 Å². The fourth-order valence-electron chi connectivity index (χ4n) is 2.12. The van der Waals surface area contributed by atoms with Crippen LogP contribution in [0.5, 0.6) is 5.75 Å². The Hall–Kier alpha value is -2.45. The molecule has 0 spiro atoms. The molecule has 0 fully saturated rings. The zero-order valence-electron chi connectivity index (χ0n) is 12.2. The van der Waals surface area contributed by atoms with Crippen LogP contribution in [0, 0.1) is 0 Å². The molecule has 0 saturated carbocycles. The van der Waals surface area contributed by atoms with Crippen molar-refractivity contribution in [3.05, 3.63) is 48.3 Å². The van der Waals surface area contributed by atoms with E-state index in [9.17, 15) is 13.2 Å². The lowest BCUT2D eigenvalue weighted by Gasteiger charge is -2.11. The van der Waals surface area contributed by atoms with Crippen LogP contribution in [0.1, 0.15) is 12.1 Å². The normalized spacial score (nSPS) is 14.3. The third kappa shape index (κ3) is 3.66. The van der Waals surface area contributed by atoms with Crippen LogP contribution in [0.2, 0.25) is 0 Å². The summed E-state index contributed by atoms with van der Waals surface area (Å²) >= 11 is 0. The van der Waals surface area contributed by atoms with Crippen molar-refractivity contribution in [1.29, 1.82) is 0 Å². The number of amides is 1. The summed E-state index contributed by atoms with van der Waals surface area (Å²) < 4.78 is 32.6. The molecule has 1 amide bonds. The van der Waals surface area contributed by atoms with Crippen LogP contribution < -0.4 is 14.8 Å². The first-order valence-electron chi connectivity index (χ1n) is 7.01. The van der Waals surface area contributed by atoms with Gasteiger partial charge < -0.3 is 10.1 Å². The third-order valence-corrected chi connectivity index (χ3v) is 4.69. The van der Waals surface area contributed by atoms with Gasteiger partial charge in [-0.1, -0.05) is 6.07 Å². The van der Waals surface area contributed by atoms with E-state index in [1.165, 1.54) is 18.2 Å². The number of carbonyl (C=O) groups excluding carboxylic acids is 1. The van der Waals surface area contributed by atoms with E-state index in [0.29, 0.717) is 17.1 Å². The minimum Gasteiger partial charge on any atom is -0.491 e. The van der Waals surface area contributed by atoms with Crippen molar-refractivity contribution in [2.75, 3.05) is 11.9 Å². The Kier molecular flexibility index (Phi) is 4.26. The summed E-state index contributed by atoms with van der Waals surface area (Å²) in [6.07, 6.45) is 1.83. The van der Waals surface area contributed by atoms with E-state index in [0.717, 1.165) is 0 Å². The zero-order valence-corrected chi connectivity index (χ0v) is 13.0. The van der Waals surface area contributed by atoms with Gasteiger partial charge in [-0.05, 0) is 30.3 Å². The van der Waals surface area contributed by atoms with E-state index in [1.54, 1.807) is 24.4 Å². The smallest absolute Gasteiger partial charge is 0.241 e. The molecule has 0 radical (unpaired) electrons. The molecule has 3 rings (SSSR count). The summed E-state index contributed by atoms with van der Waals surface area (Å²) in [7, 11) is -3.72. The molecule has 1 aromatic carbocycles. The molecule has 1 aromatic heterocycles. The molecule has 120 valence electrons. The molecule has 2 heterocycles. The summed E-state index contributed by atoms with van der Waals surface area (Å²) in [5.41, 5.74) is 0.968. The van der Waals surface area contributed by atoms with Crippen molar-refractivity contribution in [3.8, 4) is 5.75 Å². The fraction of sp³-hybridized carbons (Fsp3) is 0.200. The maximum Gasteiger partial charge on any atom is 0.241 e. The number of aromatic nitrogens is 1. The Balaban J connectivity index is 1.81. The molecule has 8 heteroatoms. The highest BCUT2D eigenvalue weighted by Gasteiger charge is 2.19. The minimum atomic E-state index is -3.72. The van der Waals surface area contributed by atoms with Crippen LogP contribution in [0.3, 0.4) is 0 Å². The van der Waals surface area contributed by atoms with Gasteiger partial charge in [-0.25, -0.2) is 13.1 Å². The number of fused-ring (bicyclic) bond motifs is 1. The van der Waals surface area contributed by atoms with Gasteiger partial charge in [-0.15, -0.1) is 0 Å². The van der Waals surface area contributed by atoms with Crippen molar-refractivity contribution in [3.63, 3.8) is 0 Å². The van der Waals surface area contributed by atoms with Gasteiger partial charge in [0.2, 0.25) is 15.9 Å². The molecule has 0 atom stereocenters. The average Bonchev–Trinajstić information content (AvgIpc) is 2.74. The Morgan fingerprint density at radius 1 is 1.26 bits per heavy atom. The molecule has 0 saturated heterocycles. The van der Waals surface area contributed by atoms with E-state index >= 15 is 0 Å². The van der Waals surface area contributed by atoms with Crippen molar-refractivity contribution < 1.29 is 17.9 Å². The third-order valence-electron chi connectivity index (χ3n) is 3.29. The van der Waals surface area contributed by atoms with Crippen LogP contribution >= 0.6 is 0 Å². The number of nitrogens with one attached hydrogen (secondary N) is 2. The maximum absolute atomic E-state index is 12.4. The molecule has 1 aliphatic rings. The summed E-state index contributed by atoms with van der Waals surface area (Å²) in [4.78, 5) is 15.7. The first-order valence-corrected chi connectivity index (χ1v) is 8.49. The van der Waals surface area contributed by atoms with Gasteiger partial charge in [0.1, 0.15) is 5.75 Å². The number of sulfonamides is 1. The second-order valence-corrected chi connectivity index (χ2v) is 6.72. The number of rotatable bonds is 4. The number of ether oxygens (including phenoxy) is 1. The van der Waals surface area contributed by atoms with E-state index in [1.807, 2.05) is 0 Å². The Labute approximate surface area is 133 Å². The lowest BCUT2D eigenvalue weighted by atomic mass is 10.3. The van der Waals surface area contributed by atoms with E-state index in [-0.39, 0.29) is 30.4 Å². The van der Waals surface area contributed by atoms with Gasteiger partial charge >= 0.3 is 0 Å². The molecule has 0 aliphatic carbocycles. The highest BCUT2D eigenvalue weighted by Crippen LogP contribution is 2.29. The fourth-order valence-corrected chi connectivity index (χ4v) is 3.15. The zero-order chi connectivity index (χ0) is 16.3. The molecule has 1 aliphatic heterocycles. The van der Waals surface area contributed by atoms with Gasteiger partial charge in [-0.3, -0.25) is 9.78 Å². The topological polar surface area (TPSA) is 97.4 Å². The van der Waals surface area contributed by atoms with Gasteiger partial charge in [0.15, 0.2) is 0 Å². The monoisotopic (exact) mass is 333 g/mol. The molecular formula is C15H15N3O4S. The second kappa shape index (κ2) is 6.35. The summed E-state index contributed by atoms with van der Waals surface area (Å²) in [5, 5.41) is 2.64. The standard InChI is InChI=1S/C15H15N3O4S/c19-15-6-8-22-14-5-4-12(9-13(14)18-15)23(20,21)17-10-11-3-1-2-7-16-11/h1-5,7,9,17H,6,8,10H2,(H,18,19). The summed E-state index contributed by atoms with van der Waals surface area (Å²) in [5.74, 6) is 0.249. The van der Waals surface area contributed by atoms with Crippen molar-refractivity contribution in [2.24, 2.45) is 0 Å². The Morgan fingerprint density at radius 3 is 2.91 bits per heavy atom. The number of hydrogen-bond donors (Lipinski definition) is 2. The first kappa shape index (κ1) is 15.4. The number of carbonyl (C=O) groups is 1. The Bertz CT molecular complexity index is 822. The molecule has 0 bridgehead atoms. The largest absolute Gasteiger partial charge is 0.491 e. The molecule has 0 unspecified atom stereocenters. The minimum absolute atomic E-state index is 0.0537. The number of hydrogen-bond acceptors (Lipinski definition) is 5. The molecule has 2 aromatic rings. The quantitative estimate of drug-likeness (QED) is 0.878. The predicted octanol–water partition coefficient (Wildman–Crippen LogP) is 1.28. The number of anilines is 1. The number of pyridine rings is 1. The summed E-state index contributed by atoms with van der Waals surface area (Å²) in [6.45, 7) is 0.353. The molecule has 7 nitrogen and oxygen atoms in total. The van der Waals surface area contributed by atoms with Crippen LogP contribution in [0.4, 0.5) is 5.69 Å². The lowest BCUT2D eigenvalue weighted by molar-refractivity contribution is -0.116. The lowest BCUT2D eigenvalue weighted by Crippen LogP contribution is -2.23. The average molecular weight is 333 g/mol. The van der Waals surface area contributed by atoms with Crippen LogP contribution in [-0.2, 0) is 21.4 Å². The molecule has 2 N–H and O–H groups in total. The van der Waals surface area contributed by atoms with Crippen molar-refractivity contribution in [2.45, 2.75) is 17.9 Å². The number of benzene rings is 1. The van der Waals surface area contributed by atoms with E-state index in [4.69, 9.17) is 4.74 Å². The van der Waals surface area contributed by atoms with Crippen LogP contribution in [-0.4, -0.2) is 25.9 Å². The highest BCUT2D eigenvalue weighted by atomic mass is 32.2.